The number of likely N-dealkylation sites (N-methyl/N-ethyl adjacent to an activating group) is 1. The molecule has 1 atom stereocenters. The number of hydrogen-bond acceptors (Lipinski definition) is 4. The molecule has 102 valence electrons. The second-order valence-electron chi connectivity index (χ2n) is 5.14. The summed E-state index contributed by atoms with van der Waals surface area (Å²) in [7, 11) is 3.49. The zero-order valence-electron chi connectivity index (χ0n) is 11.6. The molecule has 0 aromatic heterocycles. The Morgan fingerprint density at radius 3 is 2.61 bits per heavy atom. The number of aliphatic hydroxyl groups excluding tert-OH is 2. The van der Waals surface area contributed by atoms with Crippen LogP contribution in [0.4, 0.5) is 0 Å². The third kappa shape index (κ3) is 3.70. The third-order valence-corrected chi connectivity index (χ3v) is 3.35. The number of nitrogens with zero attached hydrogens (tertiary/aromatic N) is 1. The summed E-state index contributed by atoms with van der Waals surface area (Å²) in [5, 5.41) is 19.5. The molecule has 1 rings (SSSR count). The van der Waals surface area contributed by atoms with Crippen LogP contribution in [0.3, 0.4) is 0 Å². The lowest BCUT2D eigenvalue weighted by atomic mass is 10.0. The summed E-state index contributed by atoms with van der Waals surface area (Å²) in [5.41, 5.74) is 0.467. The quantitative estimate of drug-likeness (QED) is 0.805. The number of aliphatic hydroxyl groups is 2. The maximum absolute atomic E-state index is 10.2. The molecule has 0 aliphatic heterocycles. The van der Waals surface area contributed by atoms with Gasteiger partial charge < -0.3 is 14.9 Å². The minimum atomic E-state index is -0.601. The van der Waals surface area contributed by atoms with Crippen LogP contribution >= 0.6 is 0 Å². The summed E-state index contributed by atoms with van der Waals surface area (Å²) >= 11 is 0. The molecular weight excluding hydrogens is 230 g/mol. The summed E-state index contributed by atoms with van der Waals surface area (Å²) in [6, 6.07) is 7.39. The number of methoxy groups -OCH3 is 1. The Bertz CT molecular complexity index is 379. The molecule has 4 heteroatoms. The van der Waals surface area contributed by atoms with Crippen LogP contribution in [0.2, 0.25) is 0 Å². The highest BCUT2D eigenvalue weighted by Crippen LogP contribution is 2.22. The van der Waals surface area contributed by atoms with Crippen LogP contribution in [0.5, 0.6) is 5.75 Å². The zero-order valence-corrected chi connectivity index (χ0v) is 11.6. The van der Waals surface area contributed by atoms with E-state index in [4.69, 9.17) is 4.74 Å². The Kier molecular flexibility index (Phi) is 5.14. The molecule has 18 heavy (non-hydrogen) atoms. The standard InChI is InChI=1S/C14H23NO3/c1-14(2,10-16)15(3)9-13(17)11-6-5-7-12(8-11)18-4/h5-8,13,16-17H,9-10H2,1-4H3. The van der Waals surface area contributed by atoms with E-state index in [2.05, 4.69) is 0 Å². The van der Waals surface area contributed by atoms with Crippen LogP contribution < -0.4 is 4.74 Å². The van der Waals surface area contributed by atoms with Gasteiger partial charge in [-0.05, 0) is 38.6 Å². The fraction of sp³-hybridized carbons (Fsp3) is 0.571. The topological polar surface area (TPSA) is 52.9 Å². The number of rotatable bonds is 6. The number of ether oxygens (including phenoxy) is 1. The monoisotopic (exact) mass is 253 g/mol. The Hall–Kier alpha value is -1.10. The third-order valence-electron chi connectivity index (χ3n) is 3.35. The lowest BCUT2D eigenvalue weighted by Gasteiger charge is -2.35. The van der Waals surface area contributed by atoms with E-state index in [-0.39, 0.29) is 12.1 Å². The number of benzene rings is 1. The highest BCUT2D eigenvalue weighted by atomic mass is 16.5. The number of β-amino-alcohol motifs (C(OH)–C–C–N with tert-alkyl or cyclic N) is 1. The average molecular weight is 253 g/mol. The lowest BCUT2D eigenvalue weighted by Crippen LogP contribution is -2.46. The first-order valence-corrected chi connectivity index (χ1v) is 6.05. The van der Waals surface area contributed by atoms with Crippen LogP contribution in [0.25, 0.3) is 0 Å². The molecule has 4 nitrogen and oxygen atoms in total. The van der Waals surface area contributed by atoms with Crippen LogP contribution in [0, 0.1) is 0 Å². The zero-order chi connectivity index (χ0) is 13.8. The van der Waals surface area contributed by atoms with E-state index in [9.17, 15) is 10.2 Å². The predicted octanol–water partition coefficient (Wildman–Crippen LogP) is 1.43. The van der Waals surface area contributed by atoms with Crippen LogP contribution in [-0.2, 0) is 0 Å². The van der Waals surface area contributed by atoms with Gasteiger partial charge in [-0.2, -0.15) is 0 Å². The molecule has 1 aromatic carbocycles. The molecule has 2 N–H and O–H groups in total. The van der Waals surface area contributed by atoms with Crippen molar-refractivity contribution in [2.24, 2.45) is 0 Å². The Morgan fingerprint density at radius 1 is 1.39 bits per heavy atom. The van der Waals surface area contributed by atoms with E-state index in [1.165, 1.54) is 0 Å². The molecule has 0 bridgehead atoms. The molecule has 0 fully saturated rings. The maximum Gasteiger partial charge on any atom is 0.119 e. The Morgan fingerprint density at radius 2 is 2.06 bits per heavy atom. The van der Waals surface area contributed by atoms with Crippen LogP contribution in [0.15, 0.2) is 24.3 Å². The molecule has 0 heterocycles. The fourth-order valence-corrected chi connectivity index (χ4v) is 1.58. The van der Waals surface area contributed by atoms with Gasteiger partial charge in [-0.15, -0.1) is 0 Å². The van der Waals surface area contributed by atoms with Gasteiger partial charge in [0.15, 0.2) is 0 Å². The lowest BCUT2D eigenvalue weighted by molar-refractivity contribution is 0.0359. The van der Waals surface area contributed by atoms with Crippen molar-refractivity contribution in [3.63, 3.8) is 0 Å². The van der Waals surface area contributed by atoms with E-state index in [1.807, 2.05) is 50.1 Å². The van der Waals surface area contributed by atoms with Crippen molar-refractivity contribution in [1.82, 2.24) is 4.90 Å². The molecule has 0 saturated carbocycles. The minimum absolute atomic E-state index is 0.0499. The van der Waals surface area contributed by atoms with E-state index in [1.54, 1.807) is 7.11 Å². The molecular formula is C14H23NO3. The summed E-state index contributed by atoms with van der Waals surface area (Å²) in [4.78, 5) is 1.94. The Balaban J connectivity index is 2.72. The van der Waals surface area contributed by atoms with Gasteiger partial charge in [0.2, 0.25) is 0 Å². The van der Waals surface area contributed by atoms with Gasteiger partial charge in [0.05, 0.1) is 19.8 Å². The van der Waals surface area contributed by atoms with Gasteiger partial charge in [0.1, 0.15) is 5.75 Å². The summed E-state index contributed by atoms with van der Waals surface area (Å²) in [6.07, 6.45) is -0.601. The van der Waals surface area contributed by atoms with E-state index < -0.39 is 6.10 Å². The van der Waals surface area contributed by atoms with Crippen molar-refractivity contribution in [1.29, 1.82) is 0 Å². The molecule has 0 aliphatic carbocycles. The van der Waals surface area contributed by atoms with Crippen molar-refractivity contribution in [2.45, 2.75) is 25.5 Å². The van der Waals surface area contributed by atoms with Gasteiger partial charge in [0.25, 0.3) is 0 Å². The molecule has 0 saturated heterocycles. The maximum atomic E-state index is 10.2. The molecule has 0 amide bonds. The molecule has 1 unspecified atom stereocenters. The predicted molar refractivity (Wildman–Crippen MR) is 71.7 cm³/mol. The molecule has 0 spiro atoms. The van der Waals surface area contributed by atoms with Crippen molar-refractivity contribution in [2.75, 3.05) is 27.3 Å². The summed E-state index contributed by atoms with van der Waals surface area (Å²) in [5.74, 6) is 0.732. The largest absolute Gasteiger partial charge is 0.497 e. The first-order valence-electron chi connectivity index (χ1n) is 6.05. The highest BCUT2D eigenvalue weighted by Gasteiger charge is 2.24. The van der Waals surface area contributed by atoms with E-state index in [0.29, 0.717) is 6.54 Å². The first-order chi connectivity index (χ1) is 8.40. The van der Waals surface area contributed by atoms with Crippen molar-refractivity contribution < 1.29 is 14.9 Å². The average Bonchev–Trinajstić information content (AvgIpc) is 2.38. The van der Waals surface area contributed by atoms with E-state index >= 15 is 0 Å². The van der Waals surface area contributed by atoms with Crippen molar-refractivity contribution in [3.8, 4) is 5.75 Å². The van der Waals surface area contributed by atoms with Gasteiger partial charge in [0, 0.05) is 12.1 Å². The highest BCUT2D eigenvalue weighted by molar-refractivity contribution is 5.29. The number of hydrogen-bond donors (Lipinski definition) is 2. The van der Waals surface area contributed by atoms with E-state index in [0.717, 1.165) is 11.3 Å². The van der Waals surface area contributed by atoms with Gasteiger partial charge in [-0.1, -0.05) is 12.1 Å². The second kappa shape index (κ2) is 6.18. The normalized spacial score (nSPS) is 13.7. The molecule has 0 aliphatic rings. The first kappa shape index (κ1) is 15.0. The molecule has 1 aromatic rings. The molecule has 0 radical (unpaired) electrons. The second-order valence-corrected chi connectivity index (χ2v) is 5.14. The van der Waals surface area contributed by atoms with Gasteiger partial charge >= 0.3 is 0 Å². The SMILES string of the molecule is COc1cccc(C(O)CN(C)C(C)(C)CO)c1. The van der Waals surface area contributed by atoms with Crippen LogP contribution in [-0.4, -0.2) is 48.0 Å². The smallest absolute Gasteiger partial charge is 0.119 e. The van der Waals surface area contributed by atoms with Crippen LogP contribution in [0.1, 0.15) is 25.5 Å². The van der Waals surface area contributed by atoms with Crippen molar-refractivity contribution >= 4 is 0 Å². The Labute approximate surface area is 109 Å². The van der Waals surface area contributed by atoms with Gasteiger partial charge in [-0.25, -0.2) is 0 Å². The summed E-state index contributed by atoms with van der Waals surface area (Å²) in [6.45, 7) is 4.38. The van der Waals surface area contributed by atoms with Crippen molar-refractivity contribution in [3.05, 3.63) is 29.8 Å². The fourth-order valence-electron chi connectivity index (χ4n) is 1.58. The van der Waals surface area contributed by atoms with Gasteiger partial charge in [-0.3, -0.25) is 4.90 Å². The minimum Gasteiger partial charge on any atom is -0.497 e. The summed E-state index contributed by atoms with van der Waals surface area (Å²) < 4.78 is 5.13.